The van der Waals surface area contributed by atoms with Crippen LogP contribution in [0.1, 0.15) is 23.2 Å². The van der Waals surface area contributed by atoms with Crippen molar-refractivity contribution in [3.63, 3.8) is 0 Å². The van der Waals surface area contributed by atoms with Gasteiger partial charge in [0.05, 0.1) is 12.2 Å². The Balaban J connectivity index is 1.57. The Kier molecular flexibility index (Phi) is 4.42. The predicted molar refractivity (Wildman–Crippen MR) is 88.8 cm³/mol. The van der Waals surface area contributed by atoms with Gasteiger partial charge in [-0.1, -0.05) is 24.3 Å². The van der Waals surface area contributed by atoms with Crippen molar-refractivity contribution in [3.8, 4) is 0 Å². The van der Waals surface area contributed by atoms with Crippen molar-refractivity contribution in [3.05, 3.63) is 53.3 Å². The van der Waals surface area contributed by atoms with Crippen molar-refractivity contribution in [2.24, 2.45) is 12.0 Å². The maximum absolute atomic E-state index is 4.33. The number of fused-ring (bicyclic) bond motifs is 1. The number of aliphatic imine (C=N–C) groups is 1. The number of hydrogen-bond acceptors (Lipinski definition) is 2. The fourth-order valence-corrected chi connectivity index (χ4v) is 2.96. The van der Waals surface area contributed by atoms with E-state index in [9.17, 15) is 0 Å². The van der Waals surface area contributed by atoms with E-state index in [1.165, 1.54) is 11.1 Å². The average molecular weight is 297 g/mol. The Morgan fingerprint density at radius 2 is 2.14 bits per heavy atom. The fourth-order valence-electron chi connectivity index (χ4n) is 2.96. The second kappa shape index (κ2) is 6.64. The van der Waals surface area contributed by atoms with Gasteiger partial charge < -0.3 is 10.6 Å². The summed E-state index contributed by atoms with van der Waals surface area (Å²) in [6, 6.07) is 11.2. The molecule has 0 aliphatic heterocycles. The summed E-state index contributed by atoms with van der Waals surface area (Å²) in [6.07, 6.45) is 5.14. The Bertz CT molecular complexity index is 659. The summed E-state index contributed by atoms with van der Waals surface area (Å²) >= 11 is 0. The molecule has 0 amide bonds. The molecule has 1 aliphatic rings. The Morgan fingerprint density at radius 3 is 2.86 bits per heavy atom. The molecule has 5 nitrogen and oxygen atoms in total. The number of benzene rings is 1. The van der Waals surface area contributed by atoms with Gasteiger partial charge in [-0.15, -0.1) is 0 Å². The quantitative estimate of drug-likeness (QED) is 0.669. The highest BCUT2D eigenvalue weighted by Crippen LogP contribution is 2.20. The molecule has 2 N–H and O–H groups in total. The Labute approximate surface area is 131 Å². The van der Waals surface area contributed by atoms with Gasteiger partial charge in [0.15, 0.2) is 5.96 Å². The SMILES string of the molecule is CN=C(NCc1ccnn1C)NC1CCc2ccccc2C1. The van der Waals surface area contributed by atoms with Crippen LogP contribution in [-0.4, -0.2) is 28.8 Å². The number of nitrogens with zero attached hydrogens (tertiary/aromatic N) is 3. The number of nitrogens with one attached hydrogen (secondary N) is 2. The smallest absolute Gasteiger partial charge is 0.191 e. The zero-order valence-corrected chi connectivity index (χ0v) is 13.2. The van der Waals surface area contributed by atoms with Crippen molar-refractivity contribution in [2.45, 2.75) is 31.8 Å². The van der Waals surface area contributed by atoms with E-state index in [1.54, 1.807) is 0 Å². The molecule has 0 saturated heterocycles. The van der Waals surface area contributed by atoms with Crippen LogP contribution in [0, 0.1) is 0 Å². The van der Waals surface area contributed by atoms with Crippen LogP contribution in [0.3, 0.4) is 0 Å². The first-order chi connectivity index (χ1) is 10.8. The summed E-state index contributed by atoms with van der Waals surface area (Å²) < 4.78 is 1.87. The molecule has 1 aromatic carbocycles. The highest BCUT2D eigenvalue weighted by atomic mass is 15.3. The number of rotatable bonds is 3. The van der Waals surface area contributed by atoms with Crippen molar-refractivity contribution in [1.29, 1.82) is 0 Å². The molecular weight excluding hydrogens is 274 g/mol. The van der Waals surface area contributed by atoms with Crippen molar-refractivity contribution in [2.75, 3.05) is 7.05 Å². The van der Waals surface area contributed by atoms with Gasteiger partial charge in [0.25, 0.3) is 0 Å². The van der Waals surface area contributed by atoms with Crippen molar-refractivity contribution in [1.82, 2.24) is 20.4 Å². The lowest BCUT2D eigenvalue weighted by Crippen LogP contribution is -2.45. The van der Waals surface area contributed by atoms with Gasteiger partial charge in [0, 0.05) is 26.3 Å². The lowest BCUT2D eigenvalue weighted by atomic mass is 9.88. The van der Waals surface area contributed by atoms with Gasteiger partial charge >= 0.3 is 0 Å². The molecule has 0 fully saturated rings. The number of guanidine groups is 1. The lowest BCUT2D eigenvalue weighted by Gasteiger charge is -2.27. The van der Waals surface area contributed by atoms with Crippen LogP contribution in [0.2, 0.25) is 0 Å². The predicted octanol–water partition coefficient (Wildman–Crippen LogP) is 1.64. The van der Waals surface area contributed by atoms with Crippen LogP contribution in [0.15, 0.2) is 41.5 Å². The van der Waals surface area contributed by atoms with Gasteiger partial charge in [-0.3, -0.25) is 9.67 Å². The molecule has 0 spiro atoms. The van der Waals surface area contributed by atoms with Gasteiger partial charge in [-0.2, -0.15) is 5.10 Å². The first-order valence-electron chi connectivity index (χ1n) is 7.77. The third-order valence-corrected chi connectivity index (χ3v) is 4.27. The largest absolute Gasteiger partial charge is 0.353 e. The highest BCUT2D eigenvalue weighted by molar-refractivity contribution is 5.80. The molecule has 116 valence electrons. The average Bonchev–Trinajstić information content (AvgIpc) is 2.96. The molecule has 0 bridgehead atoms. The minimum atomic E-state index is 0.438. The molecule has 1 unspecified atom stereocenters. The molecule has 1 atom stereocenters. The third-order valence-electron chi connectivity index (χ3n) is 4.27. The molecule has 0 saturated carbocycles. The number of hydrogen-bond donors (Lipinski definition) is 2. The van der Waals surface area contributed by atoms with Crippen LogP contribution in [0.5, 0.6) is 0 Å². The van der Waals surface area contributed by atoms with Gasteiger partial charge in [0.1, 0.15) is 0 Å². The summed E-state index contributed by atoms with van der Waals surface area (Å²) in [5.74, 6) is 0.852. The summed E-state index contributed by atoms with van der Waals surface area (Å²) in [4.78, 5) is 4.33. The topological polar surface area (TPSA) is 54.2 Å². The molecule has 0 radical (unpaired) electrons. The van der Waals surface area contributed by atoms with E-state index in [-0.39, 0.29) is 0 Å². The minimum absolute atomic E-state index is 0.438. The first-order valence-corrected chi connectivity index (χ1v) is 7.77. The van der Waals surface area contributed by atoms with Crippen LogP contribution >= 0.6 is 0 Å². The Hall–Kier alpha value is -2.30. The van der Waals surface area contributed by atoms with E-state index in [0.29, 0.717) is 6.04 Å². The maximum Gasteiger partial charge on any atom is 0.191 e. The van der Waals surface area contributed by atoms with E-state index in [4.69, 9.17) is 0 Å². The second-order valence-electron chi connectivity index (χ2n) is 5.72. The zero-order valence-electron chi connectivity index (χ0n) is 13.2. The van der Waals surface area contributed by atoms with Crippen LogP contribution in [0.4, 0.5) is 0 Å². The van der Waals surface area contributed by atoms with E-state index < -0.39 is 0 Å². The molecule has 3 rings (SSSR count). The fraction of sp³-hybridized carbons (Fsp3) is 0.412. The standard InChI is InChI=1S/C17H23N5/c1-18-17(19-12-16-9-10-20-22(16)2)21-15-8-7-13-5-3-4-6-14(13)11-15/h3-6,9-10,15H,7-8,11-12H2,1-2H3,(H2,18,19,21). The van der Waals surface area contributed by atoms with Crippen LogP contribution < -0.4 is 10.6 Å². The number of aromatic nitrogens is 2. The van der Waals surface area contributed by atoms with E-state index >= 15 is 0 Å². The normalized spacial score (nSPS) is 17.9. The summed E-state index contributed by atoms with van der Waals surface area (Å²) in [6.45, 7) is 0.722. The highest BCUT2D eigenvalue weighted by Gasteiger charge is 2.18. The summed E-state index contributed by atoms with van der Waals surface area (Å²) in [5.41, 5.74) is 4.07. The minimum Gasteiger partial charge on any atom is -0.353 e. The van der Waals surface area contributed by atoms with Crippen LogP contribution in [0.25, 0.3) is 0 Å². The molecule has 1 aromatic heterocycles. The summed E-state index contributed by atoms with van der Waals surface area (Å²) in [7, 11) is 3.76. The first kappa shape index (κ1) is 14.6. The molecule has 1 aliphatic carbocycles. The van der Waals surface area contributed by atoms with Gasteiger partial charge in [-0.05, 0) is 36.5 Å². The molecule has 2 aromatic rings. The molecular formula is C17H23N5. The zero-order chi connectivity index (χ0) is 15.4. The van der Waals surface area contributed by atoms with Crippen molar-refractivity contribution >= 4 is 5.96 Å². The molecule has 22 heavy (non-hydrogen) atoms. The summed E-state index contributed by atoms with van der Waals surface area (Å²) in [5, 5.41) is 11.1. The third kappa shape index (κ3) is 3.30. The van der Waals surface area contributed by atoms with Gasteiger partial charge in [-0.25, -0.2) is 0 Å². The van der Waals surface area contributed by atoms with E-state index in [1.807, 2.05) is 31.0 Å². The monoisotopic (exact) mass is 297 g/mol. The lowest BCUT2D eigenvalue weighted by molar-refractivity contribution is 0.519. The van der Waals surface area contributed by atoms with Gasteiger partial charge in [0.2, 0.25) is 0 Å². The number of aryl methyl sites for hydroxylation is 2. The van der Waals surface area contributed by atoms with Crippen LogP contribution in [-0.2, 0) is 26.4 Å². The van der Waals surface area contributed by atoms with E-state index in [2.05, 4.69) is 45.0 Å². The maximum atomic E-state index is 4.33. The van der Waals surface area contributed by atoms with Crippen molar-refractivity contribution < 1.29 is 0 Å². The second-order valence-corrected chi connectivity index (χ2v) is 5.72. The molecule has 1 heterocycles. The van der Waals surface area contributed by atoms with E-state index in [0.717, 1.165) is 37.5 Å². The molecule has 5 heteroatoms. The Morgan fingerprint density at radius 1 is 1.32 bits per heavy atom.